The van der Waals surface area contributed by atoms with Crippen LogP contribution < -0.4 is 5.73 Å². The monoisotopic (exact) mass is 377 g/mol. The number of rotatable bonds is 4. The largest absolute Gasteiger partial charge is 0.367 e. The molecule has 0 bridgehead atoms. The van der Waals surface area contributed by atoms with Gasteiger partial charge in [-0.2, -0.15) is 0 Å². The number of aromatic nitrogens is 1. The summed E-state index contributed by atoms with van der Waals surface area (Å²) in [5.74, 6) is -0.145. The summed E-state index contributed by atoms with van der Waals surface area (Å²) >= 11 is 2.80. The predicted molar refractivity (Wildman–Crippen MR) is 96.0 cm³/mol. The lowest BCUT2D eigenvalue weighted by Gasteiger charge is -2.20. The van der Waals surface area contributed by atoms with E-state index in [9.17, 15) is 14.0 Å². The molecular formula is C17H16FN3O2S2. The molecule has 2 N–H and O–H groups in total. The van der Waals surface area contributed by atoms with Gasteiger partial charge in [-0.05, 0) is 30.5 Å². The summed E-state index contributed by atoms with van der Waals surface area (Å²) in [5, 5.41) is 0.240. The molecule has 1 unspecified atom stereocenters. The minimum atomic E-state index is -0.668. The summed E-state index contributed by atoms with van der Waals surface area (Å²) < 4.78 is 13.7. The first-order valence-corrected chi connectivity index (χ1v) is 9.89. The Morgan fingerprint density at radius 3 is 2.80 bits per heavy atom. The van der Waals surface area contributed by atoms with Crippen molar-refractivity contribution in [3.8, 4) is 10.4 Å². The number of thiazole rings is 1. The van der Waals surface area contributed by atoms with Gasteiger partial charge in [0.1, 0.15) is 11.5 Å². The van der Waals surface area contributed by atoms with E-state index in [1.165, 1.54) is 40.1 Å². The number of amides is 2. The molecule has 1 saturated heterocycles. The first-order chi connectivity index (χ1) is 12.0. The van der Waals surface area contributed by atoms with Crippen molar-refractivity contribution >= 4 is 34.9 Å². The maximum absolute atomic E-state index is 13.7. The quantitative estimate of drug-likeness (QED) is 0.889. The zero-order valence-corrected chi connectivity index (χ0v) is 14.9. The highest BCUT2D eigenvalue weighted by atomic mass is 32.2. The van der Waals surface area contributed by atoms with Gasteiger partial charge in [0.05, 0.1) is 9.88 Å². The maximum Gasteiger partial charge on any atom is 0.275 e. The predicted octanol–water partition coefficient (Wildman–Crippen LogP) is 2.83. The van der Waals surface area contributed by atoms with E-state index in [4.69, 9.17) is 5.73 Å². The van der Waals surface area contributed by atoms with E-state index in [1.807, 2.05) is 0 Å². The van der Waals surface area contributed by atoms with E-state index < -0.39 is 11.3 Å². The van der Waals surface area contributed by atoms with Crippen LogP contribution in [-0.4, -0.2) is 39.4 Å². The number of primary amides is 1. The Bertz CT molecular complexity index is 850. The van der Waals surface area contributed by atoms with Crippen LogP contribution >= 0.6 is 23.1 Å². The Morgan fingerprint density at radius 2 is 2.12 bits per heavy atom. The lowest BCUT2D eigenvalue weighted by molar-refractivity contribution is -0.119. The van der Waals surface area contributed by atoms with Crippen LogP contribution in [0.25, 0.3) is 10.4 Å². The van der Waals surface area contributed by atoms with Gasteiger partial charge in [0, 0.05) is 18.2 Å². The molecule has 8 heteroatoms. The molecule has 2 aromatic rings. The Morgan fingerprint density at radius 1 is 1.32 bits per heavy atom. The molecule has 2 amide bonds. The molecule has 2 fully saturated rings. The van der Waals surface area contributed by atoms with Crippen LogP contribution in [0.2, 0.25) is 0 Å². The van der Waals surface area contributed by atoms with Crippen molar-refractivity contribution in [1.29, 1.82) is 0 Å². The van der Waals surface area contributed by atoms with Crippen molar-refractivity contribution in [2.45, 2.75) is 24.1 Å². The topological polar surface area (TPSA) is 76.3 Å². The maximum atomic E-state index is 13.7. The highest BCUT2D eigenvalue weighted by molar-refractivity contribution is 8.00. The van der Waals surface area contributed by atoms with Gasteiger partial charge >= 0.3 is 0 Å². The van der Waals surface area contributed by atoms with Gasteiger partial charge in [0.2, 0.25) is 0 Å². The molecule has 1 aliphatic carbocycles. The molecule has 1 aromatic carbocycles. The fourth-order valence-electron chi connectivity index (χ4n) is 2.86. The third-order valence-corrected chi connectivity index (χ3v) is 6.74. The highest BCUT2D eigenvalue weighted by Crippen LogP contribution is 2.45. The first kappa shape index (κ1) is 16.5. The molecule has 1 saturated carbocycles. The summed E-state index contributed by atoms with van der Waals surface area (Å²) in [7, 11) is 0. The van der Waals surface area contributed by atoms with E-state index in [1.54, 1.807) is 12.1 Å². The van der Waals surface area contributed by atoms with Gasteiger partial charge in [0.25, 0.3) is 11.8 Å². The minimum Gasteiger partial charge on any atom is -0.367 e. The Hall–Kier alpha value is -1.93. The van der Waals surface area contributed by atoms with Crippen LogP contribution in [0, 0.1) is 5.82 Å². The summed E-state index contributed by atoms with van der Waals surface area (Å²) in [6.45, 7) is 0.454. The number of carbonyl (C=O) groups is 2. The molecule has 1 aliphatic heterocycles. The van der Waals surface area contributed by atoms with E-state index in [2.05, 4.69) is 4.98 Å². The zero-order chi connectivity index (χ0) is 17.6. The molecule has 25 heavy (non-hydrogen) atoms. The number of carbonyl (C=O) groups excluding carboxylic acids is 2. The molecule has 2 aliphatic rings. The fourth-order valence-corrected chi connectivity index (χ4v) is 5.16. The molecular weight excluding hydrogens is 361 g/mol. The summed E-state index contributed by atoms with van der Waals surface area (Å²) in [6, 6.07) is 6.17. The second-order valence-electron chi connectivity index (χ2n) is 6.14. The molecule has 4 rings (SSSR count). The minimum absolute atomic E-state index is 0.297. The number of nitrogens with zero attached hydrogens (tertiary/aromatic N) is 2. The molecule has 0 spiro atoms. The van der Waals surface area contributed by atoms with Crippen molar-refractivity contribution in [2.24, 2.45) is 5.73 Å². The van der Waals surface area contributed by atoms with Crippen molar-refractivity contribution in [1.82, 2.24) is 9.88 Å². The SMILES string of the molecule is NC(=O)C1SCCN1C(=O)c1nc(C2CC2)sc1-c1cccc(F)c1. The van der Waals surface area contributed by atoms with Crippen molar-refractivity contribution in [3.05, 3.63) is 40.8 Å². The number of thioether (sulfide) groups is 1. The normalized spacial score (nSPS) is 20.0. The van der Waals surface area contributed by atoms with Crippen LogP contribution in [0.5, 0.6) is 0 Å². The van der Waals surface area contributed by atoms with E-state index in [0.717, 1.165) is 17.8 Å². The number of benzene rings is 1. The second-order valence-corrected chi connectivity index (χ2v) is 8.36. The molecule has 0 radical (unpaired) electrons. The number of halogens is 1. The molecule has 5 nitrogen and oxygen atoms in total. The van der Waals surface area contributed by atoms with Crippen LogP contribution in [-0.2, 0) is 4.79 Å². The summed E-state index contributed by atoms with van der Waals surface area (Å²) in [4.78, 5) is 31.4. The number of hydrogen-bond donors (Lipinski definition) is 1. The third-order valence-electron chi connectivity index (χ3n) is 4.25. The zero-order valence-electron chi connectivity index (χ0n) is 13.3. The van der Waals surface area contributed by atoms with Gasteiger partial charge in [0.15, 0.2) is 5.37 Å². The Labute approximate surface area is 152 Å². The number of nitrogens with two attached hydrogens (primary N) is 1. The Kier molecular flexibility index (Phi) is 4.24. The van der Waals surface area contributed by atoms with Gasteiger partial charge in [-0.1, -0.05) is 12.1 Å². The van der Waals surface area contributed by atoms with Gasteiger partial charge in [-0.25, -0.2) is 9.37 Å². The lowest BCUT2D eigenvalue weighted by atomic mass is 10.1. The second kappa shape index (κ2) is 6.42. The van der Waals surface area contributed by atoms with Gasteiger partial charge in [-0.3, -0.25) is 9.59 Å². The molecule has 1 atom stereocenters. The van der Waals surface area contributed by atoms with Crippen molar-refractivity contribution in [2.75, 3.05) is 12.3 Å². The van der Waals surface area contributed by atoms with E-state index >= 15 is 0 Å². The van der Waals surface area contributed by atoms with Gasteiger partial charge in [-0.15, -0.1) is 23.1 Å². The molecule has 2 heterocycles. The van der Waals surface area contributed by atoms with Crippen LogP contribution in [0.15, 0.2) is 24.3 Å². The first-order valence-electron chi connectivity index (χ1n) is 8.03. The standard InChI is InChI=1S/C17H16FN3O2S2/c18-11-3-1-2-10(8-11)13-12(20-15(25-13)9-4-5-9)16(23)21-6-7-24-17(21)14(19)22/h1-3,8-9,17H,4-7H2,(H2,19,22). The highest BCUT2D eigenvalue weighted by Gasteiger charge is 2.37. The fraction of sp³-hybridized carbons (Fsp3) is 0.353. The van der Waals surface area contributed by atoms with Crippen molar-refractivity contribution < 1.29 is 14.0 Å². The van der Waals surface area contributed by atoms with E-state index in [-0.39, 0.29) is 11.7 Å². The summed E-state index contributed by atoms with van der Waals surface area (Å²) in [5.41, 5.74) is 6.35. The van der Waals surface area contributed by atoms with Crippen LogP contribution in [0.1, 0.15) is 34.3 Å². The average Bonchev–Trinajstić information content (AvgIpc) is 3.15. The molecule has 130 valence electrons. The van der Waals surface area contributed by atoms with Crippen LogP contribution in [0.4, 0.5) is 4.39 Å². The number of hydrogen-bond acceptors (Lipinski definition) is 5. The average molecular weight is 377 g/mol. The third kappa shape index (κ3) is 3.16. The summed E-state index contributed by atoms with van der Waals surface area (Å²) in [6.07, 6.45) is 2.13. The Balaban J connectivity index is 1.75. The molecule has 1 aromatic heterocycles. The van der Waals surface area contributed by atoms with Crippen molar-refractivity contribution in [3.63, 3.8) is 0 Å². The van der Waals surface area contributed by atoms with Crippen LogP contribution in [0.3, 0.4) is 0 Å². The lowest BCUT2D eigenvalue weighted by Crippen LogP contribution is -2.42. The van der Waals surface area contributed by atoms with E-state index in [0.29, 0.717) is 34.4 Å². The smallest absolute Gasteiger partial charge is 0.275 e. The van der Waals surface area contributed by atoms with Gasteiger partial charge < -0.3 is 10.6 Å².